The number of nitrogens with zero attached hydrogens (tertiary/aromatic N) is 5. The number of ether oxygens (including phenoxy) is 1. The maximum absolute atomic E-state index is 10.2. The second-order valence-corrected chi connectivity index (χ2v) is 6.80. The third kappa shape index (κ3) is 2.86. The molecule has 4 heterocycles. The molecule has 2 aliphatic rings. The van der Waals surface area contributed by atoms with Gasteiger partial charge >= 0.3 is 0 Å². The lowest BCUT2D eigenvalue weighted by Crippen LogP contribution is -2.61. The van der Waals surface area contributed by atoms with Gasteiger partial charge in [-0.3, -0.25) is 9.89 Å². The lowest BCUT2D eigenvalue weighted by molar-refractivity contribution is -0.0891. The maximum Gasteiger partial charge on any atom is 0.143 e. The molecule has 2 aliphatic heterocycles. The molecule has 2 fully saturated rings. The minimum Gasteiger partial charge on any atom is -0.506 e. The van der Waals surface area contributed by atoms with E-state index in [1.807, 2.05) is 6.92 Å². The number of nitrogens with two attached hydrogens (primary N) is 1. The van der Waals surface area contributed by atoms with Gasteiger partial charge in [-0.25, -0.2) is 4.52 Å². The van der Waals surface area contributed by atoms with Crippen molar-refractivity contribution in [3.05, 3.63) is 29.0 Å². The van der Waals surface area contributed by atoms with Gasteiger partial charge in [0, 0.05) is 24.8 Å². The summed E-state index contributed by atoms with van der Waals surface area (Å²) in [7, 11) is 0. The van der Waals surface area contributed by atoms with Crippen LogP contribution in [0.15, 0.2) is 28.6 Å². The Morgan fingerprint density at radius 2 is 2.20 bits per heavy atom. The number of hydrazone groups is 1. The minimum absolute atomic E-state index is 0.0220. The Kier molecular flexibility index (Phi) is 4.10. The molecule has 0 spiro atoms. The SMILES string of the molecule is CC(=NC1CN(C2COC2)C1)/C(=N\N)c1cc(O)c2c(Cl)cnn2c1. The van der Waals surface area contributed by atoms with Gasteiger partial charge in [0.05, 0.1) is 42.2 Å². The fourth-order valence-corrected chi connectivity index (χ4v) is 3.43. The van der Waals surface area contributed by atoms with Crippen LogP contribution in [0.5, 0.6) is 5.75 Å². The average molecular weight is 363 g/mol. The monoisotopic (exact) mass is 362 g/mol. The number of aromatic hydroxyl groups is 1. The number of likely N-dealkylation sites (tertiary alicyclic amines) is 1. The van der Waals surface area contributed by atoms with Gasteiger partial charge in [-0.15, -0.1) is 0 Å². The van der Waals surface area contributed by atoms with Crippen molar-refractivity contribution >= 4 is 28.5 Å². The van der Waals surface area contributed by atoms with Crippen LogP contribution in [0.25, 0.3) is 5.52 Å². The van der Waals surface area contributed by atoms with E-state index in [1.165, 1.54) is 10.7 Å². The summed E-state index contributed by atoms with van der Waals surface area (Å²) in [5.41, 5.74) is 2.34. The predicted molar refractivity (Wildman–Crippen MR) is 95.7 cm³/mol. The first-order chi connectivity index (χ1) is 12.1. The summed E-state index contributed by atoms with van der Waals surface area (Å²) in [6.45, 7) is 5.34. The van der Waals surface area contributed by atoms with E-state index in [1.54, 1.807) is 12.3 Å². The Morgan fingerprint density at radius 1 is 1.44 bits per heavy atom. The smallest absolute Gasteiger partial charge is 0.143 e. The van der Waals surface area contributed by atoms with Crippen molar-refractivity contribution in [2.75, 3.05) is 26.3 Å². The average Bonchev–Trinajstić information content (AvgIpc) is 2.86. The topological polar surface area (TPSA) is 101 Å². The van der Waals surface area contributed by atoms with Crippen molar-refractivity contribution < 1.29 is 9.84 Å². The van der Waals surface area contributed by atoms with E-state index >= 15 is 0 Å². The standard InChI is InChI=1S/C16H19ClN6O2/c1-9(20-11-5-22(6-11)12-7-25-8-12)15(21-18)10-2-14(24)16-13(17)3-19-23(16)4-10/h2-4,11-12,24H,5-8,18H2,1H3/b20-9?,21-15+. The fourth-order valence-electron chi connectivity index (χ4n) is 3.21. The normalized spacial score (nSPS) is 20.7. The molecule has 25 heavy (non-hydrogen) atoms. The van der Waals surface area contributed by atoms with E-state index in [2.05, 4.69) is 15.1 Å². The van der Waals surface area contributed by atoms with E-state index in [4.69, 9.17) is 27.2 Å². The highest BCUT2D eigenvalue weighted by molar-refractivity contribution is 6.47. The summed E-state index contributed by atoms with van der Waals surface area (Å²) >= 11 is 6.02. The van der Waals surface area contributed by atoms with Gasteiger partial charge < -0.3 is 15.7 Å². The highest BCUT2D eigenvalue weighted by Gasteiger charge is 2.35. The van der Waals surface area contributed by atoms with Crippen molar-refractivity contribution in [3.63, 3.8) is 0 Å². The Morgan fingerprint density at radius 3 is 2.84 bits per heavy atom. The molecule has 0 atom stereocenters. The third-order valence-electron chi connectivity index (χ3n) is 4.70. The van der Waals surface area contributed by atoms with Crippen LogP contribution in [0, 0.1) is 0 Å². The lowest BCUT2D eigenvalue weighted by atomic mass is 10.0. The zero-order valence-electron chi connectivity index (χ0n) is 13.8. The zero-order valence-corrected chi connectivity index (χ0v) is 14.5. The van der Waals surface area contributed by atoms with Gasteiger partial charge in [-0.2, -0.15) is 10.2 Å². The predicted octanol–water partition coefficient (Wildman–Crippen LogP) is 0.900. The van der Waals surface area contributed by atoms with Crippen molar-refractivity contribution in [1.82, 2.24) is 14.5 Å². The molecule has 0 saturated carbocycles. The van der Waals surface area contributed by atoms with Crippen LogP contribution in [0.1, 0.15) is 12.5 Å². The molecule has 0 aliphatic carbocycles. The fraction of sp³-hybridized carbons (Fsp3) is 0.438. The van der Waals surface area contributed by atoms with E-state index in [0.29, 0.717) is 27.9 Å². The summed E-state index contributed by atoms with van der Waals surface area (Å²) in [5.74, 6) is 5.61. The highest BCUT2D eigenvalue weighted by Crippen LogP contribution is 2.27. The molecular formula is C16H19ClN6O2. The third-order valence-corrected chi connectivity index (χ3v) is 4.97. The molecule has 9 heteroatoms. The lowest BCUT2D eigenvalue weighted by Gasteiger charge is -2.46. The van der Waals surface area contributed by atoms with Crippen molar-refractivity contribution in [2.45, 2.75) is 19.0 Å². The largest absolute Gasteiger partial charge is 0.506 e. The van der Waals surface area contributed by atoms with E-state index in [0.717, 1.165) is 32.0 Å². The summed E-state index contributed by atoms with van der Waals surface area (Å²) in [5, 5.41) is 18.6. The summed E-state index contributed by atoms with van der Waals surface area (Å²) in [4.78, 5) is 7.09. The van der Waals surface area contributed by atoms with E-state index < -0.39 is 0 Å². The molecule has 2 aromatic heterocycles. The molecule has 0 amide bonds. The maximum atomic E-state index is 10.2. The molecule has 0 aromatic carbocycles. The zero-order chi connectivity index (χ0) is 17.6. The number of rotatable bonds is 4. The molecule has 0 radical (unpaired) electrons. The van der Waals surface area contributed by atoms with Crippen LogP contribution < -0.4 is 5.84 Å². The van der Waals surface area contributed by atoms with E-state index in [-0.39, 0.29) is 11.8 Å². The number of fused-ring (bicyclic) bond motifs is 1. The Bertz CT molecular complexity index is 867. The first kappa shape index (κ1) is 16.3. The molecule has 3 N–H and O–H groups in total. The summed E-state index contributed by atoms with van der Waals surface area (Å²) in [6, 6.07) is 2.35. The van der Waals surface area contributed by atoms with Gasteiger partial charge in [0.25, 0.3) is 0 Å². The van der Waals surface area contributed by atoms with Gasteiger partial charge in [0.2, 0.25) is 0 Å². The van der Waals surface area contributed by atoms with Crippen LogP contribution in [0.3, 0.4) is 0 Å². The van der Waals surface area contributed by atoms with Crippen LogP contribution in [0.4, 0.5) is 0 Å². The van der Waals surface area contributed by atoms with Gasteiger partial charge in [0.15, 0.2) is 0 Å². The van der Waals surface area contributed by atoms with Crippen molar-refractivity contribution in [1.29, 1.82) is 0 Å². The number of hydrogen-bond donors (Lipinski definition) is 2. The second-order valence-electron chi connectivity index (χ2n) is 6.39. The van der Waals surface area contributed by atoms with Crippen LogP contribution in [0.2, 0.25) is 5.02 Å². The molecule has 8 nitrogen and oxygen atoms in total. The molecular weight excluding hydrogens is 344 g/mol. The number of halogens is 1. The number of aliphatic imine (C=N–C) groups is 1. The molecule has 2 aromatic rings. The van der Waals surface area contributed by atoms with Crippen LogP contribution in [-0.4, -0.2) is 69.4 Å². The Hall–Kier alpha value is -2.16. The van der Waals surface area contributed by atoms with Gasteiger partial charge in [-0.05, 0) is 13.0 Å². The van der Waals surface area contributed by atoms with Crippen LogP contribution in [-0.2, 0) is 4.74 Å². The Balaban J connectivity index is 1.54. The molecule has 132 valence electrons. The first-order valence-electron chi connectivity index (χ1n) is 8.07. The van der Waals surface area contributed by atoms with Crippen molar-refractivity contribution in [3.8, 4) is 5.75 Å². The number of hydrogen-bond acceptors (Lipinski definition) is 7. The minimum atomic E-state index is 0.0220. The Labute approximate surface area is 149 Å². The van der Waals surface area contributed by atoms with Crippen LogP contribution >= 0.6 is 11.6 Å². The number of aromatic nitrogens is 2. The van der Waals surface area contributed by atoms with Gasteiger partial charge in [0.1, 0.15) is 17.0 Å². The summed E-state index contributed by atoms with van der Waals surface area (Å²) in [6.07, 6.45) is 3.21. The molecule has 4 rings (SSSR count). The number of pyridine rings is 1. The highest BCUT2D eigenvalue weighted by atomic mass is 35.5. The second kappa shape index (κ2) is 6.29. The van der Waals surface area contributed by atoms with E-state index in [9.17, 15) is 5.11 Å². The first-order valence-corrected chi connectivity index (χ1v) is 8.45. The molecule has 0 unspecified atom stereocenters. The quantitative estimate of drug-likeness (QED) is 0.478. The van der Waals surface area contributed by atoms with Gasteiger partial charge in [-0.1, -0.05) is 11.6 Å². The van der Waals surface area contributed by atoms with Crippen molar-refractivity contribution in [2.24, 2.45) is 15.9 Å². The molecule has 0 bridgehead atoms. The molecule has 2 saturated heterocycles. The summed E-state index contributed by atoms with van der Waals surface area (Å²) < 4.78 is 6.72.